The van der Waals surface area contributed by atoms with E-state index in [1.807, 2.05) is 18.2 Å². The summed E-state index contributed by atoms with van der Waals surface area (Å²) in [5.74, 6) is 0.985. The molecule has 1 fully saturated rings. The summed E-state index contributed by atoms with van der Waals surface area (Å²) in [6, 6.07) is 9.45. The van der Waals surface area contributed by atoms with Crippen LogP contribution in [0.2, 0.25) is 0 Å². The average Bonchev–Trinajstić information content (AvgIpc) is 3.23. The first-order valence-corrected chi connectivity index (χ1v) is 8.75. The third kappa shape index (κ3) is 3.22. The van der Waals surface area contributed by atoms with E-state index in [-0.39, 0.29) is 5.54 Å². The van der Waals surface area contributed by atoms with Gasteiger partial charge in [-0.2, -0.15) is 10.2 Å². The number of hydrogen-bond acceptors (Lipinski definition) is 6. The van der Waals surface area contributed by atoms with Gasteiger partial charge in [0.15, 0.2) is 0 Å². The molecule has 0 spiro atoms. The number of benzene rings is 1. The molecule has 1 amide bonds. The Kier molecular flexibility index (Phi) is 3.84. The monoisotopic (exact) mass is 361 g/mol. The summed E-state index contributed by atoms with van der Waals surface area (Å²) in [5.41, 5.74) is 7.68. The van der Waals surface area contributed by atoms with E-state index in [9.17, 15) is 4.79 Å². The van der Waals surface area contributed by atoms with Gasteiger partial charge in [0, 0.05) is 12.0 Å². The number of aryl methyl sites for hydroxylation is 1. The van der Waals surface area contributed by atoms with Gasteiger partial charge in [0.05, 0.1) is 22.6 Å². The topological polar surface area (TPSA) is 118 Å². The van der Waals surface area contributed by atoms with E-state index in [1.165, 1.54) is 0 Å². The number of nitriles is 1. The van der Waals surface area contributed by atoms with Gasteiger partial charge < -0.3 is 15.5 Å². The third-order valence-corrected chi connectivity index (χ3v) is 4.86. The van der Waals surface area contributed by atoms with Crippen LogP contribution in [0.4, 0.5) is 5.82 Å². The molecule has 0 atom stereocenters. The van der Waals surface area contributed by atoms with Crippen LogP contribution in [0, 0.1) is 18.3 Å². The second kappa shape index (κ2) is 6.09. The molecule has 1 aromatic carbocycles. The summed E-state index contributed by atoms with van der Waals surface area (Å²) in [6.45, 7) is 3.80. The molecule has 27 heavy (non-hydrogen) atoms. The van der Waals surface area contributed by atoms with Gasteiger partial charge in [-0.1, -0.05) is 12.1 Å². The Balaban J connectivity index is 1.82. The number of rotatable bonds is 5. The summed E-state index contributed by atoms with van der Waals surface area (Å²) >= 11 is 0. The van der Waals surface area contributed by atoms with Crippen LogP contribution in [0.15, 0.2) is 28.7 Å². The van der Waals surface area contributed by atoms with Crippen molar-refractivity contribution in [2.75, 3.05) is 5.32 Å². The minimum absolute atomic E-state index is 0.0423. The molecule has 136 valence electrons. The largest absolute Gasteiger partial charge is 0.442 e. The summed E-state index contributed by atoms with van der Waals surface area (Å²) in [4.78, 5) is 21.1. The van der Waals surface area contributed by atoms with Crippen LogP contribution < -0.4 is 11.1 Å². The van der Waals surface area contributed by atoms with E-state index >= 15 is 0 Å². The molecule has 4 rings (SSSR count). The predicted molar refractivity (Wildman–Crippen MR) is 100 cm³/mol. The lowest BCUT2D eigenvalue weighted by Crippen LogP contribution is -2.19. The summed E-state index contributed by atoms with van der Waals surface area (Å²) in [6.07, 6.45) is 2.50. The number of hydrogen-bond donors (Lipinski definition) is 2. The minimum atomic E-state index is -0.562. The standard InChI is InChI=1S/C20H19N5O2/c1-11-15(17(22)26)16-18(25-20(2)6-7-20)23-14(24-19(16)27-11)9-12-4-3-5-13(8-12)10-21/h3-5,8H,6-7,9H2,1-2H3,(H2,22,26)(H,23,24,25). The molecular formula is C20H19N5O2. The molecule has 3 aromatic rings. The quantitative estimate of drug-likeness (QED) is 0.721. The summed E-state index contributed by atoms with van der Waals surface area (Å²) in [5, 5.41) is 13.0. The van der Waals surface area contributed by atoms with Crippen LogP contribution in [0.3, 0.4) is 0 Å². The molecule has 1 saturated carbocycles. The second-order valence-electron chi connectivity index (χ2n) is 7.24. The van der Waals surface area contributed by atoms with Crippen LogP contribution in [0.1, 0.15) is 52.8 Å². The van der Waals surface area contributed by atoms with Gasteiger partial charge in [-0.25, -0.2) is 4.98 Å². The van der Waals surface area contributed by atoms with E-state index in [1.54, 1.807) is 13.0 Å². The molecule has 3 N–H and O–H groups in total. The van der Waals surface area contributed by atoms with Crippen molar-refractivity contribution in [1.29, 1.82) is 5.26 Å². The highest BCUT2D eigenvalue weighted by Gasteiger charge is 2.38. The lowest BCUT2D eigenvalue weighted by atomic mass is 10.1. The van der Waals surface area contributed by atoms with E-state index in [4.69, 9.17) is 15.4 Å². The molecule has 0 unspecified atom stereocenters. The Bertz CT molecular complexity index is 1110. The van der Waals surface area contributed by atoms with E-state index in [0.29, 0.717) is 46.0 Å². The number of nitrogens with one attached hydrogen (secondary N) is 1. The second-order valence-corrected chi connectivity index (χ2v) is 7.24. The molecule has 1 aliphatic rings. The van der Waals surface area contributed by atoms with Gasteiger partial charge in [-0.3, -0.25) is 4.79 Å². The SMILES string of the molecule is Cc1oc2nc(Cc3cccc(C#N)c3)nc(NC3(C)CC3)c2c1C(N)=O. The maximum absolute atomic E-state index is 11.9. The van der Waals surface area contributed by atoms with Crippen molar-refractivity contribution >= 4 is 22.8 Å². The highest BCUT2D eigenvalue weighted by Crippen LogP contribution is 2.40. The van der Waals surface area contributed by atoms with Crippen molar-refractivity contribution < 1.29 is 9.21 Å². The normalized spacial score (nSPS) is 14.7. The van der Waals surface area contributed by atoms with Crippen LogP contribution in [0.5, 0.6) is 0 Å². The number of aromatic nitrogens is 2. The third-order valence-electron chi connectivity index (χ3n) is 4.86. The van der Waals surface area contributed by atoms with Crippen molar-refractivity contribution in [3.05, 3.63) is 52.5 Å². The van der Waals surface area contributed by atoms with Crippen LogP contribution in [0.25, 0.3) is 11.1 Å². The van der Waals surface area contributed by atoms with Crippen molar-refractivity contribution in [3.8, 4) is 6.07 Å². The molecular weight excluding hydrogens is 342 g/mol. The van der Waals surface area contributed by atoms with Crippen molar-refractivity contribution in [2.45, 2.75) is 38.6 Å². The van der Waals surface area contributed by atoms with Gasteiger partial charge in [0.25, 0.3) is 5.91 Å². The number of furan rings is 1. The summed E-state index contributed by atoms with van der Waals surface area (Å²) < 4.78 is 5.71. The smallest absolute Gasteiger partial charge is 0.253 e. The average molecular weight is 361 g/mol. The van der Waals surface area contributed by atoms with Gasteiger partial charge in [-0.05, 0) is 44.4 Å². The molecule has 0 radical (unpaired) electrons. The number of nitrogens with zero attached hydrogens (tertiary/aromatic N) is 3. The number of nitrogens with two attached hydrogens (primary N) is 1. The first-order valence-electron chi connectivity index (χ1n) is 8.75. The Labute approximate surface area is 156 Å². The lowest BCUT2D eigenvalue weighted by molar-refractivity contribution is 0.1000. The Hall–Kier alpha value is -3.40. The Morgan fingerprint density at radius 1 is 1.41 bits per heavy atom. The first kappa shape index (κ1) is 17.0. The number of anilines is 1. The van der Waals surface area contributed by atoms with Crippen LogP contribution in [-0.4, -0.2) is 21.4 Å². The molecule has 2 aromatic heterocycles. The molecule has 0 aliphatic heterocycles. The first-order chi connectivity index (χ1) is 12.9. The molecule has 7 heteroatoms. The van der Waals surface area contributed by atoms with E-state index in [2.05, 4.69) is 28.3 Å². The predicted octanol–water partition coefficient (Wildman–Crippen LogP) is 3.06. The number of fused-ring (bicyclic) bond motifs is 1. The van der Waals surface area contributed by atoms with Crippen LogP contribution >= 0.6 is 0 Å². The van der Waals surface area contributed by atoms with E-state index < -0.39 is 5.91 Å². The number of primary amides is 1. The zero-order valence-corrected chi connectivity index (χ0v) is 15.2. The zero-order chi connectivity index (χ0) is 19.2. The maximum Gasteiger partial charge on any atom is 0.253 e. The fourth-order valence-electron chi connectivity index (χ4n) is 3.15. The van der Waals surface area contributed by atoms with Gasteiger partial charge in [0.1, 0.15) is 17.4 Å². The molecule has 2 heterocycles. The van der Waals surface area contributed by atoms with Crippen molar-refractivity contribution in [3.63, 3.8) is 0 Å². The minimum Gasteiger partial charge on any atom is -0.442 e. The van der Waals surface area contributed by atoms with Gasteiger partial charge in [-0.15, -0.1) is 0 Å². The maximum atomic E-state index is 11.9. The number of carbonyl (C=O) groups is 1. The molecule has 0 bridgehead atoms. The van der Waals surface area contributed by atoms with Crippen LogP contribution in [-0.2, 0) is 6.42 Å². The van der Waals surface area contributed by atoms with Crippen molar-refractivity contribution in [1.82, 2.24) is 9.97 Å². The van der Waals surface area contributed by atoms with Gasteiger partial charge in [0.2, 0.25) is 5.71 Å². The fourth-order valence-corrected chi connectivity index (χ4v) is 3.15. The highest BCUT2D eigenvalue weighted by molar-refractivity contribution is 6.09. The molecule has 0 saturated heterocycles. The zero-order valence-electron chi connectivity index (χ0n) is 15.2. The van der Waals surface area contributed by atoms with Gasteiger partial charge >= 0.3 is 0 Å². The van der Waals surface area contributed by atoms with Crippen molar-refractivity contribution in [2.24, 2.45) is 5.73 Å². The Morgan fingerprint density at radius 2 is 2.19 bits per heavy atom. The van der Waals surface area contributed by atoms with E-state index in [0.717, 1.165) is 18.4 Å². The number of amides is 1. The number of carbonyl (C=O) groups excluding carboxylic acids is 1. The molecule has 1 aliphatic carbocycles. The Morgan fingerprint density at radius 3 is 2.85 bits per heavy atom. The highest BCUT2D eigenvalue weighted by atomic mass is 16.3. The summed E-state index contributed by atoms with van der Waals surface area (Å²) in [7, 11) is 0. The molecule has 7 nitrogen and oxygen atoms in total. The lowest BCUT2D eigenvalue weighted by Gasteiger charge is -2.14. The fraction of sp³-hybridized carbons (Fsp3) is 0.300.